The van der Waals surface area contributed by atoms with Crippen LogP contribution in [0.4, 0.5) is 0 Å². The average molecular weight is 389 g/mol. The molecule has 0 aliphatic rings. The monoisotopic (exact) mass is 389 g/mol. The van der Waals surface area contributed by atoms with Crippen LogP contribution in [0.3, 0.4) is 0 Å². The molecule has 0 saturated carbocycles. The van der Waals surface area contributed by atoms with E-state index in [4.69, 9.17) is 9.47 Å². The van der Waals surface area contributed by atoms with Crippen LogP contribution in [0.25, 0.3) is 0 Å². The molecule has 0 heterocycles. The quantitative estimate of drug-likeness (QED) is 0.617. The number of esters is 1. The third-order valence-corrected chi connectivity index (χ3v) is 4.53. The second kappa shape index (κ2) is 9.55. The fourth-order valence-electron chi connectivity index (χ4n) is 2.92. The molecule has 1 atom stereocenters. The zero-order valence-electron chi connectivity index (χ0n) is 16.4. The highest BCUT2D eigenvalue weighted by molar-refractivity contribution is 5.92. The molecule has 1 amide bonds. The lowest BCUT2D eigenvalue weighted by molar-refractivity contribution is -0.129. The van der Waals surface area contributed by atoms with E-state index in [0.29, 0.717) is 11.3 Å². The Morgan fingerprint density at radius 1 is 0.793 bits per heavy atom. The highest BCUT2D eigenvalue weighted by Crippen LogP contribution is 2.22. The summed E-state index contributed by atoms with van der Waals surface area (Å²) in [5.74, 6) is -0.295. The van der Waals surface area contributed by atoms with Crippen molar-refractivity contribution in [1.29, 1.82) is 0 Å². The third-order valence-electron chi connectivity index (χ3n) is 4.53. The molecule has 3 aromatic rings. The number of nitrogens with one attached hydrogen (secondary N) is 1. The Morgan fingerprint density at radius 3 is 1.79 bits per heavy atom. The minimum atomic E-state index is -0.945. The number of amides is 1. The number of rotatable bonds is 7. The van der Waals surface area contributed by atoms with Gasteiger partial charge >= 0.3 is 5.97 Å². The van der Waals surface area contributed by atoms with Crippen LogP contribution in [-0.2, 0) is 9.53 Å². The van der Waals surface area contributed by atoms with Crippen molar-refractivity contribution in [3.63, 3.8) is 0 Å². The molecule has 0 unspecified atom stereocenters. The molecule has 0 fully saturated rings. The maximum atomic E-state index is 12.8. The van der Waals surface area contributed by atoms with Gasteiger partial charge in [0, 0.05) is 0 Å². The average Bonchev–Trinajstić information content (AvgIpc) is 2.78. The van der Waals surface area contributed by atoms with Gasteiger partial charge in [0.15, 0.2) is 6.10 Å². The van der Waals surface area contributed by atoms with Gasteiger partial charge in [-0.2, -0.15) is 0 Å². The van der Waals surface area contributed by atoms with E-state index in [0.717, 1.165) is 11.1 Å². The van der Waals surface area contributed by atoms with E-state index in [1.807, 2.05) is 60.7 Å². The summed E-state index contributed by atoms with van der Waals surface area (Å²) in [6, 6.07) is 25.5. The maximum absolute atomic E-state index is 12.8. The first-order valence-electron chi connectivity index (χ1n) is 9.34. The topological polar surface area (TPSA) is 64.6 Å². The highest BCUT2D eigenvalue weighted by Gasteiger charge is 2.23. The van der Waals surface area contributed by atoms with E-state index >= 15 is 0 Å². The number of carbonyl (C=O) groups is 2. The van der Waals surface area contributed by atoms with Crippen molar-refractivity contribution in [1.82, 2.24) is 5.32 Å². The summed E-state index contributed by atoms with van der Waals surface area (Å²) < 4.78 is 10.4. The van der Waals surface area contributed by atoms with Crippen molar-refractivity contribution in [2.45, 2.75) is 19.1 Å². The van der Waals surface area contributed by atoms with Crippen molar-refractivity contribution >= 4 is 11.9 Å². The van der Waals surface area contributed by atoms with Crippen molar-refractivity contribution in [2.75, 3.05) is 7.11 Å². The van der Waals surface area contributed by atoms with Crippen molar-refractivity contribution in [3.05, 3.63) is 102 Å². The van der Waals surface area contributed by atoms with Gasteiger partial charge in [-0.05, 0) is 42.3 Å². The second-order valence-corrected chi connectivity index (χ2v) is 6.54. The van der Waals surface area contributed by atoms with E-state index in [-0.39, 0.29) is 11.9 Å². The molecule has 0 aliphatic carbocycles. The van der Waals surface area contributed by atoms with E-state index in [9.17, 15) is 9.59 Å². The number of hydrogen-bond donors (Lipinski definition) is 1. The molecule has 148 valence electrons. The molecule has 0 saturated heterocycles. The molecule has 0 spiro atoms. The van der Waals surface area contributed by atoms with Gasteiger partial charge in [-0.3, -0.25) is 4.79 Å². The van der Waals surface area contributed by atoms with Crippen LogP contribution < -0.4 is 10.1 Å². The van der Waals surface area contributed by atoms with Crippen LogP contribution in [0, 0.1) is 0 Å². The lowest BCUT2D eigenvalue weighted by Crippen LogP contribution is -2.38. The molecule has 0 aromatic heterocycles. The minimum absolute atomic E-state index is 0.341. The number of benzene rings is 3. The van der Waals surface area contributed by atoms with Crippen LogP contribution in [0.15, 0.2) is 84.9 Å². The summed E-state index contributed by atoms with van der Waals surface area (Å²) in [6.07, 6.45) is -0.945. The summed E-state index contributed by atoms with van der Waals surface area (Å²) >= 11 is 0. The first-order valence-corrected chi connectivity index (χ1v) is 9.34. The Balaban J connectivity index is 1.71. The highest BCUT2D eigenvalue weighted by atomic mass is 16.5. The van der Waals surface area contributed by atoms with Gasteiger partial charge in [-0.25, -0.2) is 4.79 Å². The van der Waals surface area contributed by atoms with Gasteiger partial charge < -0.3 is 14.8 Å². The molecular formula is C24H23NO4. The van der Waals surface area contributed by atoms with Gasteiger partial charge in [0.25, 0.3) is 5.91 Å². The zero-order chi connectivity index (χ0) is 20.6. The zero-order valence-corrected chi connectivity index (χ0v) is 16.4. The molecule has 5 nitrogen and oxygen atoms in total. The number of hydrogen-bond acceptors (Lipinski definition) is 4. The van der Waals surface area contributed by atoms with Crippen LogP contribution in [0.1, 0.15) is 34.5 Å². The molecule has 3 rings (SSSR count). The third kappa shape index (κ3) is 5.23. The summed E-state index contributed by atoms with van der Waals surface area (Å²) in [7, 11) is 1.55. The van der Waals surface area contributed by atoms with Gasteiger partial charge in [-0.15, -0.1) is 0 Å². The molecule has 0 radical (unpaired) electrons. The molecule has 3 aromatic carbocycles. The Morgan fingerprint density at radius 2 is 1.31 bits per heavy atom. The van der Waals surface area contributed by atoms with Gasteiger partial charge in [-0.1, -0.05) is 60.7 Å². The fraction of sp³-hybridized carbons (Fsp3) is 0.167. The largest absolute Gasteiger partial charge is 0.497 e. The van der Waals surface area contributed by atoms with Crippen molar-refractivity contribution < 1.29 is 19.1 Å². The normalized spacial score (nSPS) is 11.6. The van der Waals surface area contributed by atoms with Gasteiger partial charge in [0.05, 0.1) is 18.7 Å². The van der Waals surface area contributed by atoms with Crippen LogP contribution in [-0.4, -0.2) is 25.1 Å². The molecular weight excluding hydrogens is 366 g/mol. The van der Waals surface area contributed by atoms with E-state index < -0.39 is 12.1 Å². The molecule has 29 heavy (non-hydrogen) atoms. The molecule has 0 aliphatic heterocycles. The van der Waals surface area contributed by atoms with Crippen LogP contribution in [0.5, 0.6) is 5.75 Å². The first-order chi connectivity index (χ1) is 14.1. The molecule has 0 bridgehead atoms. The Kier molecular flexibility index (Phi) is 6.63. The smallest absolute Gasteiger partial charge is 0.338 e. The summed E-state index contributed by atoms with van der Waals surface area (Å²) in [6.45, 7) is 1.56. The standard InChI is InChI=1S/C24H23NO4/c1-17(29-24(27)20-13-15-21(28-2)16-14-20)23(26)25-22(18-9-5-3-6-10-18)19-11-7-4-8-12-19/h3-17,22H,1-2H3,(H,25,26)/t17-/m1/s1. The first kappa shape index (κ1) is 20.1. The Labute approximate surface area is 170 Å². The second-order valence-electron chi connectivity index (χ2n) is 6.54. The van der Waals surface area contributed by atoms with E-state index in [1.165, 1.54) is 0 Å². The number of carbonyl (C=O) groups excluding carboxylic acids is 2. The van der Waals surface area contributed by atoms with Crippen molar-refractivity contribution in [3.8, 4) is 5.75 Å². The minimum Gasteiger partial charge on any atom is -0.497 e. The molecule has 5 heteroatoms. The van der Waals surface area contributed by atoms with Gasteiger partial charge in [0.2, 0.25) is 0 Å². The summed E-state index contributed by atoms with van der Waals surface area (Å²) in [4.78, 5) is 25.1. The van der Waals surface area contributed by atoms with E-state index in [2.05, 4.69) is 5.32 Å². The predicted octanol–water partition coefficient (Wildman–Crippen LogP) is 4.15. The lowest BCUT2D eigenvalue weighted by atomic mass is 9.98. The fourth-order valence-corrected chi connectivity index (χ4v) is 2.92. The SMILES string of the molecule is COc1ccc(C(=O)O[C@H](C)C(=O)NC(c2ccccc2)c2ccccc2)cc1. The number of methoxy groups -OCH3 is 1. The lowest BCUT2D eigenvalue weighted by Gasteiger charge is -2.22. The van der Waals surface area contributed by atoms with Crippen LogP contribution >= 0.6 is 0 Å². The number of ether oxygens (including phenoxy) is 2. The van der Waals surface area contributed by atoms with Crippen LogP contribution in [0.2, 0.25) is 0 Å². The Bertz CT molecular complexity index is 900. The van der Waals surface area contributed by atoms with Gasteiger partial charge in [0.1, 0.15) is 5.75 Å². The summed E-state index contributed by atoms with van der Waals surface area (Å²) in [5, 5.41) is 2.99. The van der Waals surface area contributed by atoms with Crippen molar-refractivity contribution in [2.24, 2.45) is 0 Å². The maximum Gasteiger partial charge on any atom is 0.338 e. The summed E-state index contributed by atoms with van der Waals surface area (Å²) in [5.41, 5.74) is 2.24. The Hall–Kier alpha value is -3.60. The van der Waals surface area contributed by atoms with E-state index in [1.54, 1.807) is 38.3 Å². The molecule has 1 N–H and O–H groups in total. The predicted molar refractivity (Wildman–Crippen MR) is 111 cm³/mol.